The summed E-state index contributed by atoms with van der Waals surface area (Å²) in [6, 6.07) is 1.34. The van der Waals surface area contributed by atoms with E-state index >= 15 is 0 Å². The highest BCUT2D eigenvalue weighted by Gasteiger charge is 2.04. The number of rotatable bonds is 1. The van der Waals surface area contributed by atoms with Crippen LogP contribution in [-0.4, -0.2) is 4.98 Å². The Bertz CT molecular complexity index is 298. The Labute approximate surface area is 80.6 Å². The number of pyridine rings is 1. The molecule has 0 aliphatic heterocycles. The summed E-state index contributed by atoms with van der Waals surface area (Å²) < 4.78 is 14.0. The van der Waals surface area contributed by atoms with Gasteiger partial charge in [-0.25, -0.2) is 4.39 Å². The average Bonchev–Trinajstić information content (AvgIpc) is 1.85. The maximum Gasteiger partial charge on any atom is 0.151 e. The third-order valence-corrected chi connectivity index (χ3v) is 1.87. The molecule has 11 heavy (non-hydrogen) atoms. The highest BCUT2D eigenvalue weighted by molar-refractivity contribution is 9.15. The maximum absolute atomic E-state index is 12.9. The molecule has 0 saturated heterocycles. The van der Waals surface area contributed by atoms with Crippen molar-refractivity contribution in [1.82, 2.24) is 4.98 Å². The molecule has 0 amide bonds. The van der Waals surface area contributed by atoms with Crippen LogP contribution in [-0.2, 0) is 0 Å². The molecule has 1 aromatic heterocycles. The molecule has 0 bridgehead atoms. The van der Waals surface area contributed by atoms with Gasteiger partial charge in [0.15, 0.2) is 5.82 Å². The SMILES string of the molecule is C=C(Br)c1ncc(Br)cc1F. The van der Waals surface area contributed by atoms with Gasteiger partial charge in [0.1, 0.15) is 5.69 Å². The molecular formula is C7H4Br2FN. The number of aromatic nitrogens is 1. The van der Waals surface area contributed by atoms with E-state index in [2.05, 4.69) is 43.4 Å². The Kier molecular flexibility index (Phi) is 2.78. The van der Waals surface area contributed by atoms with Crippen LogP contribution in [0, 0.1) is 5.82 Å². The maximum atomic E-state index is 12.9. The van der Waals surface area contributed by atoms with E-state index in [4.69, 9.17) is 0 Å². The van der Waals surface area contributed by atoms with E-state index < -0.39 is 0 Å². The third-order valence-electron chi connectivity index (χ3n) is 1.06. The van der Waals surface area contributed by atoms with Gasteiger partial charge in [0, 0.05) is 15.2 Å². The molecule has 58 valence electrons. The lowest BCUT2D eigenvalue weighted by molar-refractivity contribution is 0.616. The van der Waals surface area contributed by atoms with Crippen LogP contribution < -0.4 is 0 Å². The fraction of sp³-hybridized carbons (Fsp3) is 0. The molecule has 0 aliphatic carbocycles. The first-order valence-electron chi connectivity index (χ1n) is 2.77. The zero-order valence-electron chi connectivity index (χ0n) is 5.44. The predicted molar refractivity (Wildman–Crippen MR) is 49.9 cm³/mol. The van der Waals surface area contributed by atoms with Crippen molar-refractivity contribution in [3.05, 3.63) is 34.8 Å². The summed E-state index contributed by atoms with van der Waals surface area (Å²) in [6.07, 6.45) is 1.52. The van der Waals surface area contributed by atoms with Crippen molar-refractivity contribution in [1.29, 1.82) is 0 Å². The van der Waals surface area contributed by atoms with Crippen molar-refractivity contribution in [2.24, 2.45) is 0 Å². The third kappa shape index (κ3) is 2.10. The van der Waals surface area contributed by atoms with Crippen LogP contribution in [0.5, 0.6) is 0 Å². The van der Waals surface area contributed by atoms with Gasteiger partial charge in [-0.05, 0) is 37.9 Å². The fourth-order valence-electron chi connectivity index (χ4n) is 0.614. The summed E-state index contributed by atoms with van der Waals surface area (Å²) in [5, 5.41) is 0. The molecule has 0 unspecified atom stereocenters. The molecular weight excluding hydrogens is 277 g/mol. The van der Waals surface area contributed by atoms with Gasteiger partial charge in [-0.15, -0.1) is 0 Å². The molecule has 0 atom stereocenters. The average molecular weight is 281 g/mol. The van der Waals surface area contributed by atoms with Crippen molar-refractivity contribution >= 4 is 36.3 Å². The lowest BCUT2D eigenvalue weighted by Gasteiger charge is -1.98. The van der Waals surface area contributed by atoms with Gasteiger partial charge in [0.25, 0.3) is 0 Å². The number of halogens is 3. The molecule has 0 saturated carbocycles. The number of hydrogen-bond acceptors (Lipinski definition) is 1. The van der Waals surface area contributed by atoms with Crippen molar-refractivity contribution in [2.45, 2.75) is 0 Å². The van der Waals surface area contributed by atoms with E-state index in [1.54, 1.807) is 0 Å². The lowest BCUT2D eigenvalue weighted by atomic mass is 10.3. The van der Waals surface area contributed by atoms with Gasteiger partial charge in [-0.2, -0.15) is 0 Å². The summed E-state index contributed by atoms with van der Waals surface area (Å²) in [7, 11) is 0. The Hall–Kier alpha value is -0.220. The van der Waals surface area contributed by atoms with Crippen LogP contribution in [0.15, 0.2) is 23.3 Å². The monoisotopic (exact) mass is 279 g/mol. The van der Waals surface area contributed by atoms with E-state index in [1.807, 2.05) is 0 Å². The van der Waals surface area contributed by atoms with Gasteiger partial charge in [0.05, 0.1) is 0 Å². The molecule has 0 N–H and O–H groups in total. The minimum Gasteiger partial charge on any atom is -0.251 e. The molecule has 0 aliphatic rings. The normalized spacial score (nSPS) is 9.73. The first kappa shape index (κ1) is 8.87. The standard InChI is InChI=1S/C7H4Br2FN/c1-4(8)7-6(10)2-5(9)3-11-7/h2-3H,1H2. The first-order chi connectivity index (χ1) is 5.11. The summed E-state index contributed by atoms with van der Waals surface area (Å²) >= 11 is 6.14. The van der Waals surface area contributed by atoms with E-state index in [1.165, 1.54) is 12.3 Å². The highest BCUT2D eigenvalue weighted by Crippen LogP contribution is 2.21. The molecule has 1 rings (SSSR count). The zero-order chi connectivity index (χ0) is 8.43. The number of nitrogens with zero attached hydrogens (tertiary/aromatic N) is 1. The van der Waals surface area contributed by atoms with Crippen LogP contribution in [0.25, 0.3) is 4.48 Å². The van der Waals surface area contributed by atoms with E-state index in [0.29, 0.717) is 8.96 Å². The van der Waals surface area contributed by atoms with Crippen molar-refractivity contribution in [3.63, 3.8) is 0 Å². The smallest absolute Gasteiger partial charge is 0.151 e. The second-order valence-corrected chi connectivity index (χ2v) is 3.76. The zero-order valence-corrected chi connectivity index (χ0v) is 8.61. The quantitative estimate of drug-likeness (QED) is 0.769. The Morgan fingerprint density at radius 2 is 2.27 bits per heavy atom. The van der Waals surface area contributed by atoms with E-state index in [9.17, 15) is 4.39 Å². The molecule has 0 spiro atoms. The second kappa shape index (κ2) is 3.45. The molecule has 1 heterocycles. The molecule has 4 heteroatoms. The van der Waals surface area contributed by atoms with Crippen molar-refractivity contribution in [3.8, 4) is 0 Å². The Balaban J connectivity index is 3.20. The first-order valence-corrected chi connectivity index (χ1v) is 4.35. The summed E-state index contributed by atoms with van der Waals surface area (Å²) in [4.78, 5) is 3.81. The summed E-state index contributed by atoms with van der Waals surface area (Å²) in [6.45, 7) is 3.51. The topological polar surface area (TPSA) is 12.9 Å². The van der Waals surface area contributed by atoms with Crippen LogP contribution >= 0.6 is 31.9 Å². The van der Waals surface area contributed by atoms with Crippen LogP contribution in [0.2, 0.25) is 0 Å². The Morgan fingerprint density at radius 3 is 2.73 bits per heavy atom. The second-order valence-electron chi connectivity index (χ2n) is 1.89. The molecule has 1 aromatic rings. The van der Waals surface area contributed by atoms with Crippen LogP contribution in [0.1, 0.15) is 5.69 Å². The van der Waals surface area contributed by atoms with Gasteiger partial charge < -0.3 is 0 Å². The van der Waals surface area contributed by atoms with Crippen LogP contribution in [0.3, 0.4) is 0 Å². The minimum absolute atomic E-state index is 0.244. The lowest BCUT2D eigenvalue weighted by Crippen LogP contribution is -1.88. The molecule has 0 fully saturated rings. The fourth-order valence-corrected chi connectivity index (χ4v) is 1.21. The minimum atomic E-state index is -0.388. The number of hydrogen-bond donors (Lipinski definition) is 0. The molecule has 0 radical (unpaired) electrons. The van der Waals surface area contributed by atoms with Crippen molar-refractivity contribution in [2.75, 3.05) is 0 Å². The van der Waals surface area contributed by atoms with Crippen molar-refractivity contribution < 1.29 is 4.39 Å². The highest BCUT2D eigenvalue weighted by atomic mass is 79.9. The van der Waals surface area contributed by atoms with Crippen LogP contribution in [0.4, 0.5) is 4.39 Å². The summed E-state index contributed by atoms with van der Waals surface area (Å²) in [5.41, 5.74) is 0.244. The van der Waals surface area contributed by atoms with E-state index in [0.717, 1.165) is 0 Å². The van der Waals surface area contributed by atoms with Gasteiger partial charge in [-0.3, -0.25) is 4.98 Å². The summed E-state index contributed by atoms with van der Waals surface area (Å²) in [5.74, 6) is -0.388. The largest absolute Gasteiger partial charge is 0.251 e. The molecule has 0 aromatic carbocycles. The van der Waals surface area contributed by atoms with Gasteiger partial charge in [0.2, 0.25) is 0 Å². The van der Waals surface area contributed by atoms with Gasteiger partial charge >= 0.3 is 0 Å². The predicted octanol–water partition coefficient (Wildman–Crippen LogP) is 3.35. The van der Waals surface area contributed by atoms with Gasteiger partial charge in [-0.1, -0.05) is 6.58 Å². The molecule has 1 nitrogen and oxygen atoms in total. The van der Waals surface area contributed by atoms with E-state index in [-0.39, 0.29) is 11.5 Å². The Morgan fingerprint density at radius 1 is 1.64 bits per heavy atom.